The monoisotopic (exact) mass is 278 g/mol. The molecule has 0 spiro atoms. The van der Waals surface area contributed by atoms with Crippen LogP contribution in [0.3, 0.4) is 0 Å². The van der Waals surface area contributed by atoms with E-state index in [1.807, 2.05) is 26.8 Å². The van der Waals surface area contributed by atoms with Gasteiger partial charge in [0.1, 0.15) is 12.4 Å². The number of carbonyl (C=O) groups excluding carboxylic acids is 1. The summed E-state index contributed by atoms with van der Waals surface area (Å²) in [5.41, 5.74) is 4.14. The molecule has 3 nitrogen and oxygen atoms in total. The van der Waals surface area contributed by atoms with Gasteiger partial charge in [-0.3, -0.25) is 0 Å². The Bertz CT molecular complexity index is 576. The van der Waals surface area contributed by atoms with Gasteiger partial charge in [0.05, 0.1) is 12.2 Å². The van der Waals surface area contributed by atoms with Crippen molar-refractivity contribution in [2.75, 3.05) is 13.3 Å². The van der Waals surface area contributed by atoms with Gasteiger partial charge in [-0.05, 0) is 50.5 Å². The van der Waals surface area contributed by atoms with Gasteiger partial charge < -0.3 is 9.47 Å². The fourth-order valence-corrected chi connectivity index (χ4v) is 2.38. The second kappa shape index (κ2) is 5.65. The predicted molar refractivity (Wildman–Crippen MR) is 75.7 cm³/mol. The summed E-state index contributed by atoms with van der Waals surface area (Å²) in [7, 11) is 0. The number of carbonyl (C=O) groups is 1. The van der Waals surface area contributed by atoms with Crippen LogP contribution in [0.15, 0.2) is 11.6 Å². The number of alkyl halides is 1. The molecule has 1 aliphatic heterocycles. The molecule has 1 heterocycles. The SMILES string of the molecule is CCOC(=O)C1=Cc2c(C)cc(C)c(C)c2OC1CF. The molecule has 108 valence electrons. The molecule has 0 fully saturated rings. The molecule has 4 heteroatoms. The Hall–Kier alpha value is -1.84. The van der Waals surface area contributed by atoms with E-state index in [4.69, 9.17) is 9.47 Å². The van der Waals surface area contributed by atoms with Gasteiger partial charge >= 0.3 is 5.97 Å². The van der Waals surface area contributed by atoms with Crippen molar-refractivity contribution >= 4 is 12.0 Å². The van der Waals surface area contributed by atoms with Gasteiger partial charge in [-0.1, -0.05) is 6.07 Å². The van der Waals surface area contributed by atoms with Crippen molar-refractivity contribution in [1.82, 2.24) is 0 Å². The first-order valence-corrected chi connectivity index (χ1v) is 6.71. The second-order valence-corrected chi connectivity index (χ2v) is 4.96. The zero-order chi connectivity index (χ0) is 14.9. The lowest BCUT2D eigenvalue weighted by atomic mass is 9.94. The van der Waals surface area contributed by atoms with E-state index in [1.54, 1.807) is 13.0 Å². The van der Waals surface area contributed by atoms with Gasteiger partial charge in [-0.15, -0.1) is 0 Å². The molecule has 0 saturated heterocycles. The summed E-state index contributed by atoms with van der Waals surface area (Å²) in [6.07, 6.45) is 0.810. The standard InChI is InChI=1S/C16H19FO3/c1-5-19-16(18)13-7-12-10(3)6-9(2)11(4)15(12)20-14(13)8-17/h6-7,14H,5,8H2,1-4H3. The molecule has 1 unspecified atom stereocenters. The van der Waals surface area contributed by atoms with E-state index in [9.17, 15) is 9.18 Å². The third-order valence-electron chi connectivity index (χ3n) is 3.59. The summed E-state index contributed by atoms with van der Waals surface area (Å²) >= 11 is 0. The quantitative estimate of drug-likeness (QED) is 0.796. The third kappa shape index (κ3) is 2.42. The Morgan fingerprint density at radius 1 is 1.35 bits per heavy atom. The van der Waals surface area contributed by atoms with E-state index < -0.39 is 18.7 Å². The molecule has 1 aromatic rings. The van der Waals surface area contributed by atoms with Crippen LogP contribution >= 0.6 is 0 Å². The Morgan fingerprint density at radius 2 is 2.05 bits per heavy atom. The normalized spacial score (nSPS) is 17.1. The first-order chi connectivity index (χ1) is 9.49. The highest BCUT2D eigenvalue weighted by Gasteiger charge is 2.30. The largest absolute Gasteiger partial charge is 0.482 e. The molecular formula is C16H19FO3. The van der Waals surface area contributed by atoms with E-state index >= 15 is 0 Å². The van der Waals surface area contributed by atoms with Crippen molar-refractivity contribution in [2.24, 2.45) is 0 Å². The number of hydrogen-bond donors (Lipinski definition) is 0. The van der Waals surface area contributed by atoms with E-state index in [2.05, 4.69) is 0 Å². The number of hydrogen-bond acceptors (Lipinski definition) is 3. The lowest BCUT2D eigenvalue weighted by Crippen LogP contribution is -2.31. The fourth-order valence-electron chi connectivity index (χ4n) is 2.38. The number of rotatable bonds is 3. The summed E-state index contributed by atoms with van der Waals surface area (Å²) in [4.78, 5) is 11.9. The molecule has 0 bridgehead atoms. The average Bonchev–Trinajstić information content (AvgIpc) is 2.43. The van der Waals surface area contributed by atoms with Gasteiger partial charge in [0, 0.05) is 5.56 Å². The maximum atomic E-state index is 13.2. The minimum absolute atomic E-state index is 0.244. The van der Waals surface area contributed by atoms with Crippen LogP contribution in [-0.2, 0) is 9.53 Å². The van der Waals surface area contributed by atoms with Gasteiger partial charge in [0.15, 0.2) is 6.10 Å². The summed E-state index contributed by atoms with van der Waals surface area (Å²) in [6, 6.07) is 2.03. The van der Waals surface area contributed by atoms with Gasteiger partial charge in [0.2, 0.25) is 0 Å². The molecule has 20 heavy (non-hydrogen) atoms. The Kier molecular flexibility index (Phi) is 4.12. The lowest BCUT2D eigenvalue weighted by Gasteiger charge is -2.27. The maximum Gasteiger partial charge on any atom is 0.337 e. The van der Waals surface area contributed by atoms with E-state index in [0.717, 1.165) is 22.3 Å². The summed E-state index contributed by atoms with van der Waals surface area (Å²) in [5.74, 6) is 0.150. The Morgan fingerprint density at radius 3 is 2.65 bits per heavy atom. The fraction of sp³-hybridized carbons (Fsp3) is 0.438. The third-order valence-corrected chi connectivity index (χ3v) is 3.59. The number of aryl methyl sites for hydroxylation is 2. The number of fused-ring (bicyclic) bond motifs is 1. The second-order valence-electron chi connectivity index (χ2n) is 4.96. The molecular weight excluding hydrogens is 259 g/mol. The Balaban J connectivity index is 2.55. The first-order valence-electron chi connectivity index (χ1n) is 6.71. The van der Waals surface area contributed by atoms with Crippen LogP contribution in [0.5, 0.6) is 5.75 Å². The van der Waals surface area contributed by atoms with Crippen molar-refractivity contribution in [1.29, 1.82) is 0 Å². The average molecular weight is 278 g/mol. The summed E-state index contributed by atoms with van der Waals surface area (Å²) in [6.45, 7) is 7.10. The minimum Gasteiger partial charge on any atom is -0.482 e. The number of benzene rings is 1. The first kappa shape index (κ1) is 14.6. The molecule has 0 aliphatic carbocycles. The minimum atomic E-state index is -0.888. The Labute approximate surface area is 118 Å². The van der Waals surface area contributed by atoms with E-state index in [1.165, 1.54) is 0 Å². The van der Waals surface area contributed by atoms with Gasteiger partial charge in [-0.2, -0.15) is 0 Å². The molecule has 0 N–H and O–H groups in total. The smallest absolute Gasteiger partial charge is 0.337 e. The molecule has 0 aromatic heterocycles. The van der Waals surface area contributed by atoms with Crippen LogP contribution in [0.25, 0.3) is 6.08 Å². The highest BCUT2D eigenvalue weighted by Crippen LogP contribution is 2.37. The topological polar surface area (TPSA) is 35.5 Å². The number of ether oxygens (including phenoxy) is 2. The predicted octanol–water partition coefficient (Wildman–Crippen LogP) is 3.29. The van der Waals surface area contributed by atoms with Crippen LogP contribution < -0.4 is 4.74 Å². The molecule has 2 rings (SSSR count). The number of halogens is 1. The molecule has 0 saturated carbocycles. The molecule has 1 aliphatic rings. The van der Waals surface area contributed by atoms with E-state index in [-0.39, 0.29) is 12.2 Å². The van der Waals surface area contributed by atoms with Crippen LogP contribution in [-0.4, -0.2) is 25.4 Å². The van der Waals surface area contributed by atoms with Crippen LogP contribution in [0.2, 0.25) is 0 Å². The molecule has 1 aromatic carbocycles. The van der Waals surface area contributed by atoms with Crippen molar-refractivity contribution in [3.05, 3.63) is 33.9 Å². The maximum absolute atomic E-state index is 13.2. The van der Waals surface area contributed by atoms with Crippen molar-refractivity contribution in [3.63, 3.8) is 0 Å². The van der Waals surface area contributed by atoms with Crippen LogP contribution in [0, 0.1) is 20.8 Å². The van der Waals surface area contributed by atoms with Gasteiger partial charge in [-0.25, -0.2) is 9.18 Å². The van der Waals surface area contributed by atoms with E-state index in [0.29, 0.717) is 5.75 Å². The zero-order valence-corrected chi connectivity index (χ0v) is 12.2. The summed E-state index contributed by atoms with van der Waals surface area (Å²) < 4.78 is 23.9. The van der Waals surface area contributed by atoms with Crippen molar-refractivity contribution in [2.45, 2.75) is 33.8 Å². The number of esters is 1. The van der Waals surface area contributed by atoms with Crippen molar-refractivity contribution < 1.29 is 18.7 Å². The van der Waals surface area contributed by atoms with Crippen LogP contribution in [0.4, 0.5) is 4.39 Å². The molecule has 0 amide bonds. The van der Waals surface area contributed by atoms with Gasteiger partial charge in [0.25, 0.3) is 0 Å². The highest BCUT2D eigenvalue weighted by molar-refractivity contribution is 5.96. The zero-order valence-electron chi connectivity index (χ0n) is 12.2. The molecule has 0 radical (unpaired) electrons. The highest BCUT2D eigenvalue weighted by atomic mass is 19.1. The van der Waals surface area contributed by atoms with Crippen LogP contribution in [0.1, 0.15) is 29.2 Å². The lowest BCUT2D eigenvalue weighted by molar-refractivity contribution is -0.139. The summed E-state index contributed by atoms with van der Waals surface area (Å²) in [5, 5.41) is 0. The van der Waals surface area contributed by atoms with Crippen molar-refractivity contribution in [3.8, 4) is 5.75 Å². The molecule has 1 atom stereocenters.